The fourth-order valence-corrected chi connectivity index (χ4v) is 3.35. The molecule has 138 valence electrons. The van der Waals surface area contributed by atoms with Crippen LogP contribution in [0.1, 0.15) is 17.3 Å². The molecule has 1 aliphatic rings. The van der Waals surface area contributed by atoms with E-state index in [1.165, 1.54) is 18.3 Å². The van der Waals surface area contributed by atoms with Gasteiger partial charge in [-0.05, 0) is 37.3 Å². The summed E-state index contributed by atoms with van der Waals surface area (Å²) in [6, 6.07) is 10.2. The van der Waals surface area contributed by atoms with E-state index in [0.29, 0.717) is 36.0 Å². The molecular weight excluding hydrogens is 368 g/mol. The average Bonchev–Trinajstić information content (AvgIpc) is 3.15. The first-order valence-corrected chi connectivity index (χ1v) is 9.23. The highest BCUT2D eigenvalue weighted by atomic mass is 32.1. The number of anilines is 1. The number of nitrogens with zero attached hydrogens (tertiary/aromatic N) is 1. The molecule has 0 saturated heterocycles. The second-order valence-electron chi connectivity index (χ2n) is 5.93. The molecular formula is C19H16N2O5S. The van der Waals surface area contributed by atoms with Gasteiger partial charge in [-0.15, -0.1) is 11.3 Å². The van der Waals surface area contributed by atoms with Gasteiger partial charge in [-0.2, -0.15) is 0 Å². The number of nitrogens with one attached hydrogen (secondary N) is 1. The molecule has 7 nitrogen and oxygen atoms in total. The molecule has 2 aromatic carbocycles. The van der Waals surface area contributed by atoms with Gasteiger partial charge in [0.2, 0.25) is 0 Å². The van der Waals surface area contributed by atoms with E-state index < -0.39 is 18.0 Å². The van der Waals surface area contributed by atoms with Crippen LogP contribution in [0.25, 0.3) is 10.2 Å². The first kappa shape index (κ1) is 17.3. The van der Waals surface area contributed by atoms with E-state index in [1.54, 1.807) is 41.9 Å². The summed E-state index contributed by atoms with van der Waals surface area (Å²) >= 11 is 1.44. The Kier molecular flexibility index (Phi) is 4.64. The van der Waals surface area contributed by atoms with Crippen molar-refractivity contribution < 1.29 is 23.8 Å². The fourth-order valence-electron chi connectivity index (χ4n) is 2.63. The monoisotopic (exact) mass is 384 g/mol. The van der Waals surface area contributed by atoms with Crippen molar-refractivity contribution in [2.45, 2.75) is 13.0 Å². The number of rotatable bonds is 4. The summed E-state index contributed by atoms with van der Waals surface area (Å²) < 4.78 is 17.1. The van der Waals surface area contributed by atoms with Crippen molar-refractivity contribution in [1.29, 1.82) is 0 Å². The Hall–Kier alpha value is -3.13. The molecule has 1 atom stereocenters. The fraction of sp³-hybridized carbons (Fsp3) is 0.211. The maximum absolute atomic E-state index is 12.4. The standard InChI is InChI=1S/C19H16N2O5S/c1-11(26-19(23)12-2-4-14-17(8-12)27-10-20-14)18(22)21-13-3-5-15-16(9-13)25-7-6-24-15/h2-5,8-11H,6-7H2,1H3,(H,21,22)/t11-/m0/s1. The van der Waals surface area contributed by atoms with E-state index in [4.69, 9.17) is 14.2 Å². The number of amides is 1. The van der Waals surface area contributed by atoms with Gasteiger partial charge in [-0.1, -0.05) is 0 Å². The van der Waals surface area contributed by atoms with E-state index in [0.717, 1.165) is 10.2 Å². The highest BCUT2D eigenvalue weighted by molar-refractivity contribution is 7.16. The van der Waals surface area contributed by atoms with E-state index in [1.807, 2.05) is 0 Å². The van der Waals surface area contributed by atoms with Gasteiger partial charge in [0.15, 0.2) is 17.6 Å². The molecule has 1 aliphatic heterocycles. The summed E-state index contributed by atoms with van der Waals surface area (Å²) in [5.41, 5.74) is 3.45. The zero-order valence-corrected chi connectivity index (χ0v) is 15.2. The molecule has 1 N–H and O–H groups in total. The highest BCUT2D eigenvalue weighted by Gasteiger charge is 2.20. The SMILES string of the molecule is C[C@H](OC(=O)c1ccc2ncsc2c1)C(=O)Nc1ccc2c(c1)OCCO2. The van der Waals surface area contributed by atoms with E-state index >= 15 is 0 Å². The van der Waals surface area contributed by atoms with Crippen molar-refractivity contribution in [3.05, 3.63) is 47.5 Å². The Morgan fingerprint density at radius 3 is 2.81 bits per heavy atom. The number of hydrogen-bond acceptors (Lipinski definition) is 7. The van der Waals surface area contributed by atoms with Crippen LogP contribution < -0.4 is 14.8 Å². The Morgan fingerprint density at radius 1 is 1.15 bits per heavy atom. The molecule has 0 spiro atoms. The van der Waals surface area contributed by atoms with Crippen LogP contribution in [0.15, 0.2) is 41.9 Å². The van der Waals surface area contributed by atoms with Gasteiger partial charge in [0.25, 0.3) is 5.91 Å². The summed E-state index contributed by atoms with van der Waals surface area (Å²) in [6.45, 7) is 2.48. The lowest BCUT2D eigenvalue weighted by Crippen LogP contribution is -2.30. The average molecular weight is 384 g/mol. The lowest BCUT2D eigenvalue weighted by atomic mass is 10.2. The molecule has 1 amide bonds. The second kappa shape index (κ2) is 7.24. The van der Waals surface area contributed by atoms with Gasteiger partial charge in [-0.25, -0.2) is 9.78 Å². The van der Waals surface area contributed by atoms with Gasteiger partial charge in [-0.3, -0.25) is 4.79 Å². The number of benzene rings is 2. The number of fused-ring (bicyclic) bond motifs is 2. The second-order valence-corrected chi connectivity index (χ2v) is 6.82. The predicted octanol–water partition coefficient (Wildman–Crippen LogP) is 3.25. The number of hydrogen-bond donors (Lipinski definition) is 1. The van der Waals surface area contributed by atoms with Crippen molar-refractivity contribution in [2.24, 2.45) is 0 Å². The maximum Gasteiger partial charge on any atom is 0.338 e. The van der Waals surface area contributed by atoms with Crippen LogP contribution in [0.3, 0.4) is 0 Å². The minimum absolute atomic E-state index is 0.380. The molecule has 0 fully saturated rings. The van der Waals surface area contributed by atoms with Crippen LogP contribution in [0.4, 0.5) is 5.69 Å². The number of thiazole rings is 1. The van der Waals surface area contributed by atoms with Gasteiger partial charge in [0, 0.05) is 11.8 Å². The van der Waals surface area contributed by atoms with E-state index in [-0.39, 0.29) is 0 Å². The van der Waals surface area contributed by atoms with Crippen LogP contribution in [0, 0.1) is 0 Å². The van der Waals surface area contributed by atoms with Gasteiger partial charge in [0.1, 0.15) is 13.2 Å². The first-order valence-electron chi connectivity index (χ1n) is 8.35. The molecule has 0 unspecified atom stereocenters. The van der Waals surface area contributed by atoms with Crippen molar-refractivity contribution >= 4 is 39.1 Å². The largest absolute Gasteiger partial charge is 0.486 e. The number of carbonyl (C=O) groups excluding carboxylic acids is 2. The highest BCUT2D eigenvalue weighted by Crippen LogP contribution is 2.32. The van der Waals surface area contributed by atoms with Crippen molar-refractivity contribution in [3.63, 3.8) is 0 Å². The van der Waals surface area contributed by atoms with Crippen molar-refractivity contribution in [3.8, 4) is 11.5 Å². The number of ether oxygens (including phenoxy) is 3. The molecule has 0 saturated carbocycles. The van der Waals surface area contributed by atoms with E-state index in [9.17, 15) is 9.59 Å². The van der Waals surface area contributed by atoms with Crippen LogP contribution in [-0.4, -0.2) is 36.2 Å². The molecule has 0 radical (unpaired) electrons. The Morgan fingerprint density at radius 2 is 1.96 bits per heavy atom. The molecule has 3 aromatic rings. The minimum Gasteiger partial charge on any atom is -0.486 e. The maximum atomic E-state index is 12.4. The Labute approximate surface area is 158 Å². The summed E-state index contributed by atoms with van der Waals surface area (Å²) in [5.74, 6) is 0.216. The van der Waals surface area contributed by atoms with Gasteiger partial charge in [0.05, 0.1) is 21.3 Å². The molecule has 27 heavy (non-hydrogen) atoms. The van der Waals surface area contributed by atoms with Gasteiger partial charge < -0.3 is 19.5 Å². The molecule has 8 heteroatoms. The molecule has 0 aliphatic carbocycles. The van der Waals surface area contributed by atoms with E-state index in [2.05, 4.69) is 10.3 Å². The number of carbonyl (C=O) groups is 2. The summed E-state index contributed by atoms with van der Waals surface area (Å²) in [5, 5.41) is 2.71. The molecule has 4 rings (SSSR count). The molecule has 1 aromatic heterocycles. The van der Waals surface area contributed by atoms with Crippen LogP contribution in [0.2, 0.25) is 0 Å². The first-order chi connectivity index (χ1) is 13.1. The van der Waals surface area contributed by atoms with Crippen molar-refractivity contribution in [1.82, 2.24) is 4.98 Å². The lowest BCUT2D eigenvalue weighted by Gasteiger charge is -2.19. The quantitative estimate of drug-likeness (QED) is 0.695. The summed E-state index contributed by atoms with van der Waals surface area (Å²) in [6.07, 6.45) is -0.956. The number of aromatic nitrogens is 1. The predicted molar refractivity (Wildman–Crippen MR) is 101 cm³/mol. The summed E-state index contributed by atoms with van der Waals surface area (Å²) in [4.78, 5) is 28.8. The molecule has 0 bridgehead atoms. The smallest absolute Gasteiger partial charge is 0.338 e. The lowest BCUT2D eigenvalue weighted by molar-refractivity contribution is -0.123. The third-order valence-electron chi connectivity index (χ3n) is 4.03. The Balaban J connectivity index is 1.40. The minimum atomic E-state index is -0.956. The zero-order valence-electron chi connectivity index (χ0n) is 14.4. The topological polar surface area (TPSA) is 86.8 Å². The van der Waals surface area contributed by atoms with Gasteiger partial charge >= 0.3 is 5.97 Å². The number of esters is 1. The van der Waals surface area contributed by atoms with Crippen LogP contribution in [-0.2, 0) is 9.53 Å². The van der Waals surface area contributed by atoms with Crippen LogP contribution >= 0.6 is 11.3 Å². The Bertz CT molecular complexity index is 1020. The third-order valence-corrected chi connectivity index (χ3v) is 4.82. The van der Waals surface area contributed by atoms with Crippen molar-refractivity contribution in [2.75, 3.05) is 18.5 Å². The molecule has 2 heterocycles. The van der Waals surface area contributed by atoms with Crippen LogP contribution in [0.5, 0.6) is 11.5 Å². The summed E-state index contributed by atoms with van der Waals surface area (Å²) in [7, 11) is 0. The third kappa shape index (κ3) is 3.70. The zero-order chi connectivity index (χ0) is 18.8. The normalized spacial score (nSPS) is 13.8.